The van der Waals surface area contributed by atoms with Crippen molar-refractivity contribution in [1.82, 2.24) is 4.98 Å². The highest BCUT2D eigenvalue weighted by molar-refractivity contribution is 9.10. The Morgan fingerprint density at radius 1 is 1.62 bits per heavy atom. The van der Waals surface area contributed by atoms with Crippen LogP contribution in [-0.2, 0) is 5.75 Å². The van der Waals surface area contributed by atoms with Crippen molar-refractivity contribution >= 4 is 27.7 Å². The number of nitrogens with zero attached hydrogens (tertiary/aromatic N) is 1. The molecule has 0 aliphatic rings. The summed E-state index contributed by atoms with van der Waals surface area (Å²) >= 11 is 5.24. The van der Waals surface area contributed by atoms with E-state index in [0.29, 0.717) is 5.25 Å². The van der Waals surface area contributed by atoms with E-state index in [-0.39, 0.29) is 0 Å². The third-order valence-electron chi connectivity index (χ3n) is 1.63. The standard InChI is InChI=1S/C9H13BrN2S/c1-7(3-11)13-6-8-2-9(10)5-12-4-8/h2,4-5,7H,3,6,11H2,1H3. The number of thioether (sulfide) groups is 1. The molecule has 1 aromatic heterocycles. The fourth-order valence-corrected chi connectivity index (χ4v) is 2.02. The van der Waals surface area contributed by atoms with E-state index >= 15 is 0 Å². The number of pyridine rings is 1. The minimum absolute atomic E-state index is 0.513. The molecule has 1 rings (SSSR count). The molecular formula is C9H13BrN2S. The van der Waals surface area contributed by atoms with Crippen LogP contribution in [-0.4, -0.2) is 16.8 Å². The van der Waals surface area contributed by atoms with Crippen molar-refractivity contribution < 1.29 is 0 Å². The van der Waals surface area contributed by atoms with E-state index in [4.69, 9.17) is 5.73 Å². The molecule has 0 amide bonds. The van der Waals surface area contributed by atoms with Crippen LogP contribution in [0.3, 0.4) is 0 Å². The molecule has 0 aromatic carbocycles. The van der Waals surface area contributed by atoms with Crippen molar-refractivity contribution in [3.8, 4) is 0 Å². The molecule has 1 atom stereocenters. The smallest absolute Gasteiger partial charge is 0.0410 e. The van der Waals surface area contributed by atoms with Gasteiger partial charge in [0.25, 0.3) is 0 Å². The summed E-state index contributed by atoms with van der Waals surface area (Å²) in [7, 11) is 0. The van der Waals surface area contributed by atoms with Gasteiger partial charge < -0.3 is 5.73 Å². The molecule has 72 valence electrons. The van der Waals surface area contributed by atoms with Gasteiger partial charge in [0.05, 0.1) is 0 Å². The van der Waals surface area contributed by atoms with Crippen molar-refractivity contribution in [3.05, 3.63) is 28.5 Å². The molecule has 4 heteroatoms. The summed E-state index contributed by atoms with van der Waals surface area (Å²) in [5.74, 6) is 0.977. The summed E-state index contributed by atoms with van der Waals surface area (Å²) in [6.07, 6.45) is 3.68. The summed E-state index contributed by atoms with van der Waals surface area (Å²) in [5, 5.41) is 0.513. The Balaban J connectivity index is 2.45. The van der Waals surface area contributed by atoms with Gasteiger partial charge in [-0.15, -0.1) is 0 Å². The summed E-state index contributed by atoms with van der Waals surface area (Å²) in [5.41, 5.74) is 6.76. The van der Waals surface area contributed by atoms with Gasteiger partial charge in [-0.05, 0) is 27.6 Å². The Hall–Kier alpha value is -0.0600. The zero-order chi connectivity index (χ0) is 9.68. The van der Waals surface area contributed by atoms with E-state index in [1.54, 1.807) is 6.20 Å². The molecule has 2 nitrogen and oxygen atoms in total. The van der Waals surface area contributed by atoms with Gasteiger partial charge in [-0.25, -0.2) is 0 Å². The Labute approximate surface area is 91.4 Å². The van der Waals surface area contributed by atoms with Crippen LogP contribution in [0.15, 0.2) is 22.9 Å². The monoisotopic (exact) mass is 260 g/mol. The fraction of sp³-hybridized carbons (Fsp3) is 0.444. The quantitative estimate of drug-likeness (QED) is 0.904. The molecular weight excluding hydrogens is 248 g/mol. The van der Waals surface area contributed by atoms with Crippen molar-refractivity contribution in [2.24, 2.45) is 5.73 Å². The minimum atomic E-state index is 0.513. The largest absolute Gasteiger partial charge is 0.329 e. The van der Waals surface area contributed by atoms with E-state index in [9.17, 15) is 0 Å². The lowest BCUT2D eigenvalue weighted by Gasteiger charge is -2.07. The van der Waals surface area contributed by atoms with Crippen LogP contribution in [0.1, 0.15) is 12.5 Å². The number of nitrogens with two attached hydrogens (primary N) is 1. The molecule has 0 radical (unpaired) electrons. The first-order valence-electron chi connectivity index (χ1n) is 4.13. The van der Waals surface area contributed by atoms with Crippen LogP contribution in [0.5, 0.6) is 0 Å². The Morgan fingerprint density at radius 2 is 2.38 bits per heavy atom. The van der Waals surface area contributed by atoms with Gasteiger partial charge in [0, 0.05) is 34.4 Å². The van der Waals surface area contributed by atoms with Crippen molar-refractivity contribution in [1.29, 1.82) is 0 Å². The molecule has 0 saturated carbocycles. The zero-order valence-corrected chi connectivity index (χ0v) is 9.94. The topological polar surface area (TPSA) is 38.9 Å². The summed E-state index contributed by atoms with van der Waals surface area (Å²) < 4.78 is 1.03. The molecule has 2 N–H and O–H groups in total. The van der Waals surface area contributed by atoms with E-state index in [1.165, 1.54) is 5.56 Å². The first kappa shape index (κ1) is 11.0. The van der Waals surface area contributed by atoms with E-state index in [0.717, 1.165) is 16.8 Å². The van der Waals surface area contributed by atoms with Gasteiger partial charge in [0.15, 0.2) is 0 Å². The van der Waals surface area contributed by atoms with Crippen LogP contribution in [0, 0.1) is 0 Å². The molecule has 1 heterocycles. The molecule has 0 bridgehead atoms. The van der Waals surface area contributed by atoms with E-state index in [1.807, 2.05) is 18.0 Å². The molecule has 0 aliphatic heterocycles. The van der Waals surface area contributed by atoms with Crippen LogP contribution in [0.2, 0.25) is 0 Å². The number of hydrogen-bond donors (Lipinski definition) is 1. The molecule has 0 fully saturated rings. The third kappa shape index (κ3) is 4.11. The molecule has 13 heavy (non-hydrogen) atoms. The second-order valence-electron chi connectivity index (χ2n) is 2.87. The maximum absolute atomic E-state index is 5.52. The second-order valence-corrected chi connectivity index (χ2v) is 5.21. The van der Waals surface area contributed by atoms with Crippen molar-refractivity contribution in [2.45, 2.75) is 17.9 Å². The average molecular weight is 261 g/mol. The Kier molecular flexibility index (Phi) is 4.77. The highest BCUT2D eigenvalue weighted by atomic mass is 79.9. The molecule has 0 saturated heterocycles. The number of rotatable bonds is 4. The maximum atomic E-state index is 5.52. The highest BCUT2D eigenvalue weighted by Crippen LogP contribution is 2.18. The number of aromatic nitrogens is 1. The number of hydrogen-bond acceptors (Lipinski definition) is 3. The van der Waals surface area contributed by atoms with Gasteiger partial charge in [-0.3, -0.25) is 4.98 Å². The first-order valence-corrected chi connectivity index (χ1v) is 5.97. The van der Waals surface area contributed by atoms with Crippen LogP contribution >= 0.6 is 27.7 Å². The van der Waals surface area contributed by atoms with Gasteiger partial charge in [0.1, 0.15) is 0 Å². The fourth-order valence-electron chi connectivity index (χ4n) is 0.841. The Bertz CT molecular complexity index is 268. The van der Waals surface area contributed by atoms with Gasteiger partial charge in [-0.1, -0.05) is 6.92 Å². The lowest BCUT2D eigenvalue weighted by molar-refractivity contribution is 0.950. The highest BCUT2D eigenvalue weighted by Gasteiger charge is 2.00. The van der Waals surface area contributed by atoms with Crippen LogP contribution in [0.25, 0.3) is 0 Å². The van der Waals surface area contributed by atoms with Crippen LogP contribution in [0.4, 0.5) is 0 Å². The van der Waals surface area contributed by atoms with Gasteiger partial charge in [-0.2, -0.15) is 11.8 Å². The molecule has 1 unspecified atom stereocenters. The molecule has 1 aromatic rings. The van der Waals surface area contributed by atoms with E-state index in [2.05, 4.69) is 33.9 Å². The zero-order valence-electron chi connectivity index (χ0n) is 7.53. The van der Waals surface area contributed by atoms with E-state index < -0.39 is 0 Å². The predicted octanol–water partition coefficient (Wildman–Crippen LogP) is 2.42. The second kappa shape index (κ2) is 5.62. The Morgan fingerprint density at radius 3 is 3.00 bits per heavy atom. The summed E-state index contributed by atoms with van der Waals surface area (Å²) in [4.78, 5) is 4.10. The predicted molar refractivity (Wildman–Crippen MR) is 61.7 cm³/mol. The lowest BCUT2D eigenvalue weighted by atomic mass is 10.3. The number of halogens is 1. The van der Waals surface area contributed by atoms with Gasteiger partial charge >= 0.3 is 0 Å². The van der Waals surface area contributed by atoms with Crippen molar-refractivity contribution in [3.63, 3.8) is 0 Å². The molecule has 0 spiro atoms. The third-order valence-corrected chi connectivity index (χ3v) is 3.32. The SMILES string of the molecule is CC(CN)SCc1cncc(Br)c1. The minimum Gasteiger partial charge on any atom is -0.329 e. The van der Waals surface area contributed by atoms with Crippen molar-refractivity contribution in [2.75, 3.05) is 6.54 Å². The normalized spacial score (nSPS) is 12.8. The summed E-state index contributed by atoms with van der Waals surface area (Å²) in [6.45, 7) is 2.86. The van der Waals surface area contributed by atoms with Gasteiger partial charge in [0.2, 0.25) is 0 Å². The first-order chi connectivity index (χ1) is 6.22. The lowest BCUT2D eigenvalue weighted by Crippen LogP contribution is -2.12. The average Bonchev–Trinajstić information content (AvgIpc) is 2.14. The maximum Gasteiger partial charge on any atom is 0.0410 e. The summed E-state index contributed by atoms with van der Waals surface area (Å²) in [6, 6.07) is 2.09. The molecule has 0 aliphatic carbocycles. The van der Waals surface area contributed by atoms with Crippen LogP contribution < -0.4 is 5.73 Å².